The van der Waals surface area contributed by atoms with Crippen molar-refractivity contribution in [1.29, 1.82) is 0 Å². The van der Waals surface area contributed by atoms with Crippen LogP contribution in [0.15, 0.2) is 0 Å². The number of carboxylic acids is 1. The van der Waals surface area contributed by atoms with E-state index in [1.54, 1.807) is 0 Å². The third kappa shape index (κ3) is 27.2. The van der Waals surface area contributed by atoms with Crippen LogP contribution in [-0.2, 0) is 23.2 Å². The predicted octanol–water partition coefficient (Wildman–Crippen LogP) is 9.09. The maximum Gasteiger partial charge on any atom is 0.472 e. The highest BCUT2D eigenvalue weighted by atomic mass is 31.2. The number of unbranched alkanes of at least 4 members (excludes halogenated alkanes) is 21. The summed E-state index contributed by atoms with van der Waals surface area (Å²) in [6.45, 7) is 3.91. The summed E-state index contributed by atoms with van der Waals surface area (Å²) in [4.78, 5) is 33.5. The molecule has 0 fully saturated rings. The number of phosphoric ester groups is 1. The molecule has 8 nitrogen and oxygen atoms in total. The van der Waals surface area contributed by atoms with Crippen LogP contribution in [0.3, 0.4) is 0 Å². The monoisotopic (exact) mass is 591 g/mol. The molecule has 0 rings (SSSR count). The summed E-state index contributed by atoms with van der Waals surface area (Å²) in [7, 11) is -4.37. The molecule has 2 atom stereocenters. The first-order valence-corrected chi connectivity index (χ1v) is 18.0. The standard InChI is InChI=1S/C31H62NO7P/c1-3-5-7-9-11-13-15-16-17-18-20-22-24-26-30(33)32-29(31(34)35)28-39-40(36,37)38-27-25-23-21-19-14-12-10-8-6-4-2/h29H,3-28H2,1-2H3,(H,32,33)(H,34,35)(H,36,37)/t29-/m0/s1. The summed E-state index contributed by atoms with van der Waals surface area (Å²) in [5.74, 6) is -1.70. The van der Waals surface area contributed by atoms with Gasteiger partial charge in [0, 0.05) is 6.42 Å². The van der Waals surface area contributed by atoms with Crippen LogP contribution < -0.4 is 5.32 Å². The predicted molar refractivity (Wildman–Crippen MR) is 163 cm³/mol. The second-order valence-electron chi connectivity index (χ2n) is 11.2. The fourth-order valence-corrected chi connectivity index (χ4v) is 5.49. The van der Waals surface area contributed by atoms with Crippen molar-refractivity contribution in [2.24, 2.45) is 0 Å². The van der Waals surface area contributed by atoms with Crippen LogP contribution in [0, 0.1) is 0 Å². The van der Waals surface area contributed by atoms with Gasteiger partial charge in [0.1, 0.15) is 0 Å². The van der Waals surface area contributed by atoms with E-state index >= 15 is 0 Å². The average Bonchev–Trinajstić information content (AvgIpc) is 2.92. The van der Waals surface area contributed by atoms with Crippen LogP contribution in [0.4, 0.5) is 0 Å². The smallest absolute Gasteiger partial charge is 0.472 e. The van der Waals surface area contributed by atoms with Gasteiger partial charge >= 0.3 is 13.8 Å². The van der Waals surface area contributed by atoms with Crippen LogP contribution in [-0.4, -0.2) is 41.1 Å². The van der Waals surface area contributed by atoms with E-state index in [1.807, 2.05) is 0 Å². The molecule has 0 heterocycles. The lowest BCUT2D eigenvalue weighted by Gasteiger charge is -2.17. The molecule has 0 aromatic rings. The highest BCUT2D eigenvalue weighted by Gasteiger charge is 2.27. The molecule has 0 saturated heterocycles. The van der Waals surface area contributed by atoms with Gasteiger partial charge in [0.15, 0.2) is 6.04 Å². The van der Waals surface area contributed by atoms with E-state index in [-0.39, 0.29) is 13.0 Å². The van der Waals surface area contributed by atoms with E-state index in [0.717, 1.165) is 38.5 Å². The molecule has 1 amide bonds. The maximum absolute atomic E-state index is 12.2. The van der Waals surface area contributed by atoms with E-state index in [1.165, 1.54) is 96.3 Å². The third-order valence-corrected chi connectivity index (χ3v) is 8.28. The van der Waals surface area contributed by atoms with Gasteiger partial charge in [0.25, 0.3) is 0 Å². The van der Waals surface area contributed by atoms with Gasteiger partial charge < -0.3 is 15.3 Å². The Kier molecular flexibility index (Phi) is 27.5. The number of aliphatic carboxylic acids is 1. The molecule has 0 bridgehead atoms. The van der Waals surface area contributed by atoms with Crippen molar-refractivity contribution in [2.75, 3.05) is 13.2 Å². The van der Waals surface area contributed by atoms with E-state index < -0.39 is 32.3 Å². The molecular formula is C31H62NO7P. The Hall–Kier alpha value is -0.950. The van der Waals surface area contributed by atoms with Crippen molar-refractivity contribution in [3.05, 3.63) is 0 Å². The lowest BCUT2D eigenvalue weighted by Crippen LogP contribution is -2.43. The summed E-state index contributed by atoms with van der Waals surface area (Å²) in [6.07, 6.45) is 27.3. The Morgan fingerprint density at radius 1 is 0.625 bits per heavy atom. The fraction of sp³-hybridized carbons (Fsp3) is 0.935. The highest BCUT2D eigenvalue weighted by Crippen LogP contribution is 2.43. The quantitative estimate of drug-likeness (QED) is 0.0543. The first kappa shape index (κ1) is 39.0. The van der Waals surface area contributed by atoms with Crippen molar-refractivity contribution in [3.63, 3.8) is 0 Å². The Labute approximate surface area is 245 Å². The van der Waals surface area contributed by atoms with Crippen molar-refractivity contribution < 1.29 is 33.2 Å². The maximum atomic E-state index is 12.2. The molecule has 0 saturated carbocycles. The van der Waals surface area contributed by atoms with Crippen molar-refractivity contribution in [3.8, 4) is 0 Å². The number of carboxylic acid groups (broad SMARTS) is 1. The summed E-state index contributed by atoms with van der Waals surface area (Å²) in [5.41, 5.74) is 0. The summed E-state index contributed by atoms with van der Waals surface area (Å²) < 4.78 is 21.9. The fourth-order valence-electron chi connectivity index (χ4n) is 4.72. The lowest BCUT2D eigenvalue weighted by molar-refractivity contribution is -0.142. The highest BCUT2D eigenvalue weighted by molar-refractivity contribution is 7.47. The van der Waals surface area contributed by atoms with Crippen molar-refractivity contribution in [2.45, 2.75) is 174 Å². The molecule has 9 heteroatoms. The molecule has 0 radical (unpaired) electrons. The topological polar surface area (TPSA) is 122 Å². The molecule has 3 N–H and O–H groups in total. The summed E-state index contributed by atoms with van der Waals surface area (Å²) in [6, 6.07) is -1.39. The first-order chi connectivity index (χ1) is 19.3. The van der Waals surface area contributed by atoms with Crippen molar-refractivity contribution in [1.82, 2.24) is 5.32 Å². The van der Waals surface area contributed by atoms with Crippen LogP contribution in [0.5, 0.6) is 0 Å². The number of nitrogens with one attached hydrogen (secondary N) is 1. The summed E-state index contributed by atoms with van der Waals surface area (Å²) in [5, 5.41) is 11.8. The van der Waals surface area contributed by atoms with Gasteiger partial charge in [-0.05, 0) is 12.8 Å². The third-order valence-electron chi connectivity index (χ3n) is 7.30. The number of phosphoric acid groups is 1. The zero-order chi connectivity index (χ0) is 29.7. The average molecular weight is 592 g/mol. The van der Waals surface area contributed by atoms with Crippen LogP contribution in [0.2, 0.25) is 0 Å². The van der Waals surface area contributed by atoms with Gasteiger partial charge in [0.2, 0.25) is 5.91 Å². The number of amides is 1. The molecule has 40 heavy (non-hydrogen) atoms. The van der Waals surface area contributed by atoms with Crippen LogP contribution in [0.25, 0.3) is 0 Å². The van der Waals surface area contributed by atoms with Gasteiger partial charge in [-0.3, -0.25) is 13.8 Å². The zero-order valence-corrected chi connectivity index (χ0v) is 26.7. The molecule has 0 spiro atoms. The molecule has 0 aliphatic heterocycles. The molecular weight excluding hydrogens is 529 g/mol. The summed E-state index contributed by atoms with van der Waals surface area (Å²) >= 11 is 0. The molecule has 0 aliphatic carbocycles. The number of carbonyl (C=O) groups is 2. The Morgan fingerprint density at radius 3 is 1.40 bits per heavy atom. The van der Waals surface area contributed by atoms with Gasteiger partial charge in [0.05, 0.1) is 13.2 Å². The van der Waals surface area contributed by atoms with Crippen LogP contribution in [0.1, 0.15) is 168 Å². The lowest BCUT2D eigenvalue weighted by atomic mass is 10.0. The molecule has 0 aromatic heterocycles. The normalized spacial score (nSPS) is 13.7. The van der Waals surface area contributed by atoms with Gasteiger partial charge in [-0.1, -0.05) is 149 Å². The van der Waals surface area contributed by atoms with Gasteiger partial charge in [-0.15, -0.1) is 0 Å². The molecule has 0 aromatic carbocycles. The molecule has 1 unspecified atom stereocenters. The van der Waals surface area contributed by atoms with Crippen molar-refractivity contribution >= 4 is 19.7 Å². The molecule has 0 aliphatic rings. The minimum atomic E-state index is -4.37. The largest absolute Gasteiger partial charge is 0.480 e. The minimum absolute atomic E-state index is 0.0768. The van der Waals surface area contributed by atoms with E-state index in [0.29, 0.717) is 12.8 Å². The number of carbonyl (C=O) groups excluding carboxylic acids is 1. The van der Waals surface area contributed by atoms with E-state index in [4.69, 9.17) is 9.05 Å². The zero-order valence-electron chi connectivity index (χ0n) is 25.8. The molecule has 238 valence electrons. The minimum Gasteiger partial charge on any atom is -0.480 e. The Morgan fingerprint density at radius 2 is 1.00 bits per heavy atom. The van der Waals surface area contributed by atoms with Gasteiger partial charge in [-0.2, -0.15) is 0 Å². The Balaban J connectivity index is 3.82. The number of hydrogen-bond acceptors (Lipinski definition) is 5. The van der Waals surface area contributed by atoms with Gasteiger partial charge in [-0.25, -0.2) is 9.36 Å². The number of hydrogen-bond donors (Lipinski definition) is 3. The number of rotatable bonds is 31. The van der Waals surface area contributed by atoms with E-state index in [2.05, 4.69) is 19.2 Å². The Bertz CT molecular complexity index is 647. The first-order valence-electron chi connectivity index (χ1n) is 16.5. The van der Waals surface area contributed by atoms with Crippen LogP contribution >= 0.6 is 7.82 Å². The SMILES string of the molecule is CCCCCCCCCCCCCCCC(=O)N[C@@H](COP(=O)(O)OCCCCCCCCCCCC)C(=O)O. The second-order valence-corrected chi connectivity index (χ2v) is 12.7. The van der Waals surface area contributed by atoms with E-state index in [9.17, 15) is 24.2 Å². The second kappa shape index (κ2) is 28.2.